The number of halogens is 1. The predicted molar refractivity (Wildman–Crippen MR) is 151 cm³/mol. The lowest BCUT2D eigenvalue weighted by Crippen LogP contribution is -2.59. The Balaban J connectivity index is 1.57. The Morgan fingerprint density at radius 3 is 2.50 bits per heavy atom. The number of aromatic nitrogens is 1. The van der Waals surface area contributed by atoms with Crippen molar-refractivity contribution in [3.63, 3.8) is 0 Å². The molecule has 0 unspecified atom stereocenters. The molecule has 9 nitrogen and oxygen atoms in total. The highest BCUT2D eigenvalue weighted by molar-refractivity contribution is 7.88. The number of nitrogens with zero attached hydrogens (tertiary/aromatic N) is 2. The number of carbonyl (C=O) groups excluding carboxylic acids is 2. The molecule has 3 aromatic rings. The van der Waals surface area contributed by atoms with E-state index in [1.165, 1.54) is 0 Å². The highest BCUT2D eigenvalue weighted by atomic mass is 35.5. The molecule has 2 N–H and O–H groups in total. The number of pyridine rings is 1. The van der Waals surface area contributed by atoms with Gasteiger partial charge in [0.1, 0.15) is 6.61 Å². The Bertz CT molecular complexity index is 1470. The number of hydroxylamine groups is 1. The minimum absolute atomic E-state index is 0.0676. The molecule has 4 atom stereocenters. The summed E-state index contributed by atoms with van der Waals surface area (Å²) >= 11 is 6.20. The van der Waals surface area contributed by atoms with Gasteiger partial charge in [0.25, 0.3) is 11.8 Å². The lowest BCUT2D eigenvalue weighted by atomic mass is 9.76. The smallest absolute Gasteiger partial charge is 0.255 e. The van der Waals surface area contributed by atoms with Crippen LogP contribution in [-0.4, -0.2) is 48.5 Å². The van der Waals surface area contributed by atoms with Crippen LogP contribution in [0.2, 0.25) is 5.02 Å². The topological polar surface area (TPSA) is 118 Å². The van der Waals surface area contributed by atoms with Crippen LogP contribution in [0.5, 0.6) is 0 Å². The van der Waals surface area contributed by atoms with Crippen molar-refractivity contribution in [3.05, 3.63) is 100 Å². The number of fused-ring (bicyclic) bond motifs is 1. The van der Waals surface area contributed by atoms with Gasteiger partial charge < -0.3 is 4.90 Å². The van der Waals surface area contributed by atoms with Gasteiger partial charge >= 0.3 is 0 Å². The fourth-order valence-corrected chi connectivity index (χ4v) is 6.75. The minimum atomic E-state index is -3.54. The molecule has 40 heavy (non-hydrogen) atoms. The van der Waals surface area contributed by atoms with E-state index in [1.807, 2.05) is 6.07 Å². The predicted octanol–water partition coefficient (Wildman–Crippen LogP) is 4.12. The van der Waals surface area contributed by atoms with Crippen LogP contribution in [0.3, 0.4) is 0 Å². The SMILES string of the molecule is CS(=O)(=O)N[C@H]1CCCC[C@@H]1N1C(=O)c2ccccc2[C@@H](C(=O)NOCc2ccccn2)[C@@H]1c1ccc(Cl)cc1. The maximum absolute atomic E-state index is 14.2. The molecule has 1 aromatic heterocycles. The maximum Gasteiger partial charge on any atom is 0.255 e. The summed E-state index contributed by atoms with van der Waals surface area (Å²) in [6.45, 7) is 0.0676. The molecule has 2 aromatic carbocycles. The normalized spacial score (nSPS) is 22.9. The molecule has 1 aliphatic heterocycles. The number of amides is 2. The average Bonchev–Trinajstić information content (AvgIpc) is 2.94. The maximum atomic E-state index is 14.2. The van der Waals surface area contributed by atoms with E-state index < -0.39 is 40.0 Å². The summed E-state index contributed by atoms with van der Waals surface area (Å²) in [5.41, 5.74) is 4.92. The molecule has 1 aliphatic carbocycles. The number of nitrogens with one attached hydrogen (secondary N) is 2. The van der Waals surface area contributed by atoms with E-state index in [2.05, 4.69) is 15.2 Å². The zero-order valence-electron chi connectivity index (χ0n) is 22.0. The zero-order chi connectivity index (χ0) is 28.3. The molecule has 11 heteroatoms. The molecule has 5 rings (SSSR count). The van der Waals surface area contributed by atoms with Gasteiger partial charge in [-0.3, -0.25) is 19.4 Å². The first-order chi connectivity index (χ1) is 19.2. The first-order valence-corrected chi connectivity index (χ1v) is 15.5. The molecule has 2 aliphatic rings. The highest BCUT2D eigenvalue weighted by Gasteiger charge is 2.49. The highest BCUT2D eigenvalue weighted by Crippen LogP contribution is 2.46. The van der Waals surface area contributed by atoms with Crippen LogP contribution in [0, 0.1) is 0 Å². The van der Waals surface area contributed by atoms with Crippen LogP contribution in [0.15, 0.2) is 72.9 Å². The molecule has 1 saturated carbocycles. The fraction of sp³-hybridized carbons (Fsp3) is 0.345. The van der Waals surface area contributed by atoms with Crippen LogP contribution >= 0.6 is 11.6 Å². The van der Waals surface area contributed by atoms with Crippen LogP contribution in [0.1, 0.15) is 64.8 Å². The molecule has 0 bridgehead atoms. The Labute approximate surface area is 238 Å². The average molecular weight is 583 g/mol. The van der Waals surface area contributed by atoms with E-state index in [1.54, 1.807) is 71.8 Å². The van der Waals surface area contributed by atoms with E-state index in [9.17, 15) is 18.0 Å². The van der Waals surface area contributed by atoms with E-state index in [4.69, 9.17) is 16.4 Å². The summed E-state index contributed by atoms with van der Waals surface area (Å²) in [4.78, 5) is 39.6. The Hall–Kier alpha value is -3.31. The fourth-order valence-electron chi connectivity index (χ4n) is 5.80. The second-order valence-corrected chi connectivity index (χ2v) is 12.4. The molecule has 2 amide bonds. The van der Waals surface area contributed by atoms with Gasteiger partial charge in [-0.25, -0.2) is 18.6 Å². The van der Waals surface area contributed by atoms with Gasteiger partial charge in [-0.1, -0.05) is 60.8 Å². The summed E-state index contributed by atoms with van der Waals surface area (Å²) in [7, 11) is -3.54. The minimum Gasteiger partial charge on any atom is -0.326 e. The first kappa shape index (κ1) is 28.2. The molecule has 1 fully saturated rings. The van der Waals surface area contributed by atoms with Crippen LogP contribution in [0.25, 0.3) is 0 Å². The van der Waals surface area contributed by atoms with E-state index in [0.29, 0.717) is 40.2 Å². The Morgan fingerprint density at radius 1 is 1.05 bits per heavy atom. The van der Waals surface area contributed by atoms with Crippen molar-refractivity contribution in [2.45, 2.75) is 56.3 Å². The number of hydrogen-bond donors (Lipinski definition) is 2. The van der Waals surface area contributed by atoms with Crippen molar-refractivity contribution in [1.29, 1.82) is 0 Å². The second kappa shape index (κ2) is 12.1. The van der Waals surface area contributed by atoms with E-state index in [-0.39, 0.29) is 12.5 Å². The third-order valence-electron chi connectivity index (χ3n) is 7.44. The number of benzene rings is 2. The monoisotopic (exact) mass is 582 g/mol. The molecule has 210 valence electrons. The van der Waals surface area contributed by atoms with Crippen molar-refractivity contribution in [2.24, 2.45) is 0 Å². The van der Waals surface area contributed by atoms with E-state index in [0.717, 1.165) is 19.1 Å². The van der Waals surface area contributed by atoms with Gasteiger partial charge in [0.15, 0.2) is 0 Å². The van der Waals surface area contributed by atoms with Gasteiger partial charge in [-0.15, -0.1) is 0 Å². The summed E-state index contributed by atoms with van der Waals surface area (Å²) in [5.74, 6) is -1.51. The number of rotatable bonds is 8. The van der Waals surface area contributed by atoms with Crippen molar-refractivity contribution < 1.29 is 22.8 Å². The van der Waals surface area contributed by atoms with Gasteiger partial charge in [-0.05, 0) is 54.3 Å². The largest absolute Gasteiger partial charge is 0.326 e. The van der Waals surface area contributed by atoms with Gasteiger partial charge in [0, 0.05) is 28.9 Å². The molecular weight excluding hydrogens is 552 g/mol. The van der Waals surface area contributed by atoms with Crippen molar-refractivity contribution in [2.75, 3.05) is 6.26 Å². The molecular formula is C29H31ClN4O5S. The summed E-state index contributed by atoms with van der Waals surface area (Å²) in [6, 6.07) is 17.8. The summed E-state index contributed by atoms with van der Waals surface area (Å²) in [6.07, 6.45) is 5.60. The van der Waals surface area contributed by atoms with E-state index >= 15 is 0 Å². The van der Waals surface area contributed by atoms with Crippen LogP contribution < -0.4 is 10.2 Å². The first-order valence-electron chi connectivity index (χ1n) is 13.2. The molecule has 2 heterocycles. The molecule has 0 saturated heterocycles. The number of hydrogen-bond acceptors (Lipinski definition) is 6. The molecule has 0 spiro atoms. The quantitative estimate of drug-likeness (QED) is 0.386. The lowest BCUT2D eigenvalue weighted by molar-refractivity contribution is -0.138. The summed E-state index contributed by atoms with van der Waals surface area (Å²) in [5, 5.41) is 0.520. The van der Waals surface area contributed by atoms with Crippen molar-refractivity contribution in [1.82, 2.24) is 20.1 Å². The van der Waals surface area contributed by atoms with Crippen molar-refractivity contribution >= 4 is 33.4 Å². The van der Waals surface area contributed by atoms with Crippen molar-refractivity contribution in [3.8, 4) is 0 Å². The van der Waals surface area contributed by atoms with Crippen LogP contribution in [-0.2, 0) is 26.3 Å². The zero-order valence-corrected chi connectivity index (χ0v) is 23.6. The van der Waals surface area contributed by atoms with Crippen LogP contribution in [0.4, 0.5) is 0 Å². The standard InChI is InChI=1S/C29H31ClN4O5S/c1-40(37,38)33-24-11-4-5-12-25(24)34-27(19-13-15-20(30)16-14-19)26(22-9-2-3-10-23(22)29(34)36)28(35)32-39-18-21-8-6-7-17-31-21/h2-3,6-10,13-17,24-27,33H,4-5,11-12,18H2,1H3,(H,32,35)/t24-,25-,26+,27-/m0/s1. The lowest BCUT2D eigenvalue weighted by Gasteiger charge is -2.49. The third-order valence-corrected chi connectivity index (χ3v) is 8.42. The second-order valence-electron chi connectivity index (χ2n) is 10.2. The third kappa shape index (κ3) is 6.20. The molecule has 0 radical (unpaired) electrons. The summed E-state index contributed by atoms with van der Waals surface area (Å²) < 4.78 is 27.3. The number of carbonyl (C=O) groups is 2. The Morgan fingerprint density at radius 2 is 1.77 bits per heavy atom. The Kier molecular flexibility index (Phi) is 8.51. The number of sulfonamides is 1. The van der Waals surface area contributed by atoms with Gasteiger partial charge in [0.2, 0.25) is 10.0 Å². The van der Waals surface area contributed by atoms with Gasteiger partial charge in [-0.2, -0.15) is 0 Å². The van der Waals surface area contributed by atoms with Gasteiger partial charge in [0.05, 0.1) is 23.9 Å².